The first-order chi connectivity index (χ1) is 17.6. The van der Waals surface area contributed by atoms with Crippen LogP contribution in [0.25, 0.3) is 10.9 Å². The number of pyridine rings is 1. The molecule has 1 aliphatic carbocycles. The number of ether oxygens (including phenoxy) is 1. The molecule has 11 heteroatoms. The van der Waals surface area contributed by atoms with Crippen molar-refractivity contribution in [1.82, 2.24) is 29.3 Å². The predicted octanol–water partition coefficient (Wildman–Crippen LogP) is 3.17. The highest BCUT2D eigenvalue weighted by Gasteiger charge is 2.27. The van der Waals surface area contributed by atoms with Crippen molar-refractivity contribution in [3.8, 4) is 5.75 Å². The number of amides is 1. The van der Waals surface area contributed by atoms with E-state index < -0.39 is 11.5 Å². The van der Waals surface area contributed by atoms with Crippen LogP contribution < -0.4 is 15.6 Å². The highest BCUT2D eigenvalue weighted by Crippen LogP contribution is 2.36. The number of hydrogen-bond acceptors (Lipinski definition) is 7. The summed E-state index contributed by atoms with van der Waals surface area (Å²) in [6, 6.07) is 7.22. The first-order valence-corrected chi connectivity index (χ1v) is 12.3. The Morgan fingerprint density at radius 3 is 2.49 bits per heavy atom. The maximum Gasteiger partial charge on any atom is 0.274 e. The molecule has 4 aromatic rings. The van der Waals surface area contributed by atoms with Gasteiger partial charge in [0.25, 0.3) is 11.5 Å². The Labute approximate surface area is 213 Å². The molecule has 0 bridgehead atoms. The molecule has 3 aromatic heterocycles. The minimum absolute atomic E-state index is 0.201. The highest BCUT2D eigenvalue weighted by atomic mass is 16.5. The summed E-state index contributed by atoms with van der Waals surface area (Å²) in [4.78, 5) is 25.4. The molecule has 3 heterocycles. The SMILES string of the molecule is COc1cc2nn(C3CCC(n4cc(C(C)(C)O)nn4)CC3)cc2cc1C(=O)Nc1cccn(C)c1=O. The number of anilines is 1. The molecule has 37 heavy (non-hydrogen) atoms. The molecule has 194 valence electrons. The third-order valence-corrected chi connectivity index (χ3v) is 7.01. The van der Waals surface area contributed by atoms with E-state index in [0.29, 0.717) is 17.0 Å². The number of carbonyl (C=O) groups excluding carboxylic acids is 1. The molecule has 1 saturated carbocycles. The molecular weight excluding hydrogens is 474 g/mol. The van der Waals surface area contributed by atoms with Gasteiger partial charge in [-0.1, -0.05) is 5.21 Å². The van der Waals surface area contributed by atoms with E-state index in [9.17, 15) is 14.7 Å². The number of fused-ring (bicyclic) bond motifs is 1. The van der Waals surface area contributed by atoms with E-state index in [0.717, 1.165) is 36.6 Å². The van der Waals surface area contributed by atoms with Crippen LogP contribution in [0.4, 0.5) is 5.69 Å². The number of methoxy groups -OCH3 is 1. The lowest BCUT2D eigenvalue weighted by Gasteiger charge is -2.28. The van der Waals surface area contributed by atoms with Gasteiger partial charge < -0.3 is 19.7 Å². The van der Waals surface area contributed by atoms with Crippen LogP contribution in [0, 0.1) is 0 Å². The van der Waals surface area contributed by atoms with Crippen molar-refractivity contribution in [3.05, 3.63) is 64.5 Å². The number of benzene rings is 1. The molecule has 0 radical (unpaired) electrons. The van der Waals surface area contributed by atoms with Gasteiger partial charge in [-0.05, 0) is 57.7 Å². The number of carbonyl (C=O) groups is 1. The maximum absolute atomic E-state index is 13.0. The average molecular weight is 506 g/mol. The number of rotatable bonds is 6. The summed E-state index contributed by atoms with van der Waals surface area (Å²) in [6.07, 6.45) is 9.08. The first kappa shape index (κ1) is 24.7. The predicted molar refractivity (Wildman–Crippen MR) is 138 cm³/mol. The van der Waals surface area contributed by atoms with Gasteiger partial charge in [-0.2, -0.15) is 5.10 Å². The summed E-state index contributed by atoms with van der Waals surface area (Å²) in [5, 5.41) is 26.8. The van der Waals surface area contributed by atoms with Crippen LogP contribution in [0.15, 0.2) is 47.7 Å². The van der Waals surface area contributed by atoms with Gasteiger partial charge in [0.1, 0.15) is 22.7 Å². The second kappa shape index (κ2) is 9.47. The van der Waals surface area contributed by atoms with Gasteiger partial charge in [0.05, 0.1) is 36.5 Å². The fourth-order valence-electron chi connectivity index (χ4n) is 4.81. The summed E-state index contributed by atoms with van der Waals surface area (Å²) >= 11 is 0. The number of nitrogens with zero attached hydrogens (tertiary/aromatic N) is 6. The van der Waals surface area contributed by atoms with Gasteiger partial charge in [-0.3, -0.25) is 14.3 Å². The molecular formula is C26H31N7O4. The van der Waals surface area contributed by atoms with Gasteiger partial charge in [-0.15, -0.1) is 5.10 Å². The zero-order valence-electron chi connectivity index (χ0n) is 21.4. The lowest BCUT2D eigenvalue weighted by Crippen LogP contribution is -2.23. The molecule has 11 nitrogen and oxygen atoms in total. The number of aromatic nitrogens is 6. The molecule has 1 amide bonds. The average Bonchev–Trinajstić information content (AvgIpc) is 3.53. The molecule has 0 spiro atoms. The van der Waals surface area contributed by atoms with E-state index in [1.54, 1.807) is 51.4 Å². The number of aryl methyl sites for hydroxylation is 1. The van der Waals surface area contributed by atoms with Crippen molar-refractivity contribution in [2.45, 2.75) is 57.2 Å². The fourth-order valence-corrected chi connectivity index (χ4v) is 4.81. The van der Waals surface area contributed by atoms with Crippen LogP contribution in [0.2, 0.25) is 0 Å². The summed E-state index contributed by atoms with van der Waals surface area (Å²) < 4.78 is 10.7. The largest absolute Gasteiger partial charge is 0.496 e. The number of nitrogens with one attached hydrogen (secondary N) is 1. The lowest BCUT2D eigenvalue weighted by atomic mass is 9.91. The van der Waals surface area contributed by atoms with Gasteiger partial charge in [0, 0.05) is 30.9 Å². The topological polar surface area (TPSA) is 129 Å². The Morgan fingerprint density at radius 1 is 1.14 bits per heavy atom. The maximum atomic E-state index is 13.0. The van der Waals surface area contributed by atoms with Crippen LogP contribution in [0.1, 0.15) is 67.7 Å². The van der Waals surface area contributed by atoms with Gasteiger partial charge in [-0.25, -0.2) is 4.68 Å². The van der Waals surface area contributed by atoms with Crippen LogP contribution >= 0.6 is 0 Å². The van der Waals surface area contributed by atoms with Crippen molar-refractivity contribution in [1.29, 1.82) is 0 Å². The van der Waals surface area contributed by atoms with Crippen LogP contribution in [-0.2, 0) is 12.6 Å². The molecule has 2 N–H and O–H groups in total. The molecule has 0 atom stereocenters. The summed E-state index contributed by atoms with van der Waals surface area (Å²) in [5.41, 5.74) is 0.523. The van der Waals surface area contributed by atoms with Gasteiger partial charge in [0.15, 0.2) is 0 Å². The summed E-state index contributed by atoms with van der Waals surface area (Å²) in [7, 11) is 3.14. The standard InChI is InChI=1S/C26H31N7O4/c1-26(2,36)23-15-33(30-28-23)18-9-7-17(8-10-18)32-14-16-12-19(22(37-4)13-21(16)29-32)24(34)27-20-6-5-11-31(3)25(20)35/h5-6,11-15,17-18,36H,7-10H2,1-4H3,(H,27,34). The molecule has 1 aromatic carbocycles. The van der Waals surface area contributed by atoms with Crippen molar-refractivity contribution in [3.63, 3.8) is 0 Å². The van der Waals surface area contributed by atoms with E-state index in [4.69, 9.17) is 9.84 Å². The first-order valence-electron chi connectivity index (χ1n) is 12.3. The molecule has 0 unspecified atom stereocenters. The zero-order chi connectivity index (χ0) is 26.3. The summed E-state index contributed by atoms with van der Waals surface area (Å²) in [5.74, 6) is -0.0333. The minimum Gasteiger partial charge on any atom is -0.496 e. The number of hydrogen-bond donors (Lipinski definition) is 2. The molecule has 0 aliphatic heterocycles. The minimum atomic E-state index is -1.02. The normalized spacial score (nSPS) is 18.2. The lowest BCUT2D eigenvalue weighted by molar-refractivity contribution is 0.0736. The monoisotopic (exact) mass is 505 g/mol. The van der Waals surface area contributed by atoms with Crippen molar-refractivity contribution >= 4 is 22.5 Å². The third kappa shape index (κ3) is 4.86. The highest BCUT2D eigenvalue weighted by molar-refractivity contribution is 6.08. The quantitative estimate of drug-likeness (QED) is 0.412. The van der Waals surface area contributed by atoms with Crippen LogP contribution in [0.3, 0.4) is 0 Å². The Morgan fingerprint density at radius 2 is 1.84 bits per heavy atom. The van der Waals surface area contributed by atoms with E-state index in [1.807, 2.05) is 21.8 Å². The van der Waals surface area contributed by atoms with E-state index in [2.05, 4.69) is 15.6 Å². The number of aliphatic hydroxyl groups is 1. The Balaban J connectivity index is 1.33. The second-order valence-electron chi connectivity index (χ2n) is 10.1. The second-order valence-corrected chi connectivity index (χ2v) is 10.1. The van der Waals surface area contributed by atoms with Crippen molar-refractivity contribution < 1.29 is 14.6 Å². The van der Waals surface area contributed by atoms with E-state index in [-0.39, 0.29) is 23.3 Å². The van der Waals surface area contributed by atoms with Gasteiger partial charge in [0.2, 0.25) is 0 Å². The van der Waals surface area contributed by atoms with E-state index >= 15 is 0 Å². The molecule has 1 aliphatic rings. The molecule has 5 rings (SSSR count). The van der Waals surface area contributed by atoms with Gasteiger partial charge >= 0.3 is 0 Å². The van der Waals surface area contributed by atoms with E-state index in [1.165, 1.54) is 11.7 Å². The van der Waals surface area contributed by atoms with Crippen LogP contribution in [-0.4, -0.2) is 47.5 Å². The van der Waals surface area contributed by atoms with Crippen LogP contribution in [0.5, 0.6) is 5.75 Å². The Kier molecular flexibility index (Phi) is 6.32. The molecule has 0 saturated heterocycles. The Bertz CT molecular complexity index is 1500. The van der Waals surface area contributed by atoms with Crippen molar-refractivity contribution in [2.24, 2.45) is 7.05 Å². The van der Waals surface area contributed by atoms with Crippen molar-refractivity contribution in [2.75, 3.05) is 12.4 Å². The zero-order valence-corrected chi connectivity index (χ0v) is 21.4. The fraction of sp³-hybridized carbons (Fsp3) is 0.423. The Hall–Kier alpha value is -3.99. The smallest absolute Gasteiger partial charge is 0.274 e. The third-order valence-electron chi connectivity index (χ3n) is 7.01. The summed E-state index contributed by atoms with van der Waals surface area (Å²) in [6.45, 7) is 3.40. The molecule has 1 fully saturated rings.